The fraction of sp³-hybridized carbons (Fsp3) is 0.655. The predicted octanol–water partition coefficient (Wildman–Crippen LogP) is 6.64. The summed E-state index contributed by atoms with van der Waals surface area (Å²) in [6, 6.07) is 6.80. The van der Waals surface area contributed by atoms with E-state index >= 15 is 0 Å². The molecule has 3 fully saturated rings. The third-order valence-corrected chi connectivity index (χ3v) is 10.1. The first-order valence-corrected chi connectivity index (χ1v) is 14.9. The van der Waals surface area contributed by atoms with Crippen LogP contribution < -0.4 is 10.2 Å². The lowest BCUT2D eigenvalue weighted by Crippen LogP contribution is -2.49. The molecule has 5 rings (SSSR count). The summed E-state index contributed by atoms with van der Waals surface area (Å²) >= 11 is 1.94. The van der Waals surface area contributed by atoms with Crippen LogP contribution in [0.15, 0.2) is 29.3 Å². The topological polar surface area (TPSA) is 64.5 Å². The SMILES string of the molecule is Cc1cc(SC2CC3(CCN(C(C)C)CC3)C2)ccc1Nc1ncc(C(F)(F)F)c(N2CCC(C)(O)CC2)n1. The number of hydrogen-bond donors (Lipinski definition) is 2. The summed E-state index contributed by atoms with van der Waals surface area (Å²) in [6.45, 7) is 11.3. The maximum Gasteiger partial charge on any atom is 0.421 e. The van der Waals surface area contributed by atoms with Crippen molar-refractivity contribution >= 4 is 29.2 Å². The van der Waals surface area contributed by atoms with Crippen LogP contribution >= 0.6 is 11.8 Å². The summed E-state index contributed by atoms with van der Waals surface area (Å²) in [5.41, 5.74) is 0.578. The van der Waals surface area contributed by atoms with Crippen LogP contribution in [0.25, 0.3) is 0 Å². The highest BCUT2D eigenvalue weighted by molar-refractivity contribution is 8.00. The van der Waals surface area contributed by atoms with Crippen molar-refractivity contribution in [3.63, 3.8) is 0 Å². The number of benzene rings is 1. The summed E-state index contributed by atoms with van der Waals surface area (Å²) in [6.07, 6.45) is 2.21. The molecule has 1 aliphatic carbocycles. The molecule has 0 unspecified atom stereocenters. The van der Waals surface area contributed by atoms with Gasteiger partial charge in [-0.15, -0.1) is 11.8 Å². The Labute approximate surface area is 233 Å². The lowest BCUT2D eigenvalue weighted by Gasteiger charge is -2.52. The molecule has 0 amide bonds. The highest BCUT2D eigenvalue weighted by Crippen LogP contribution is 2.55. The van der Waals surface area contributed by atoms with Crippen molar-refractivity contribution in [2.45, 2.75) is 94.2 Å². The zero-order valence-electron chi connectivity index (χ0n) is 23.3. The van der Waals surface area contributed by atoms with Gasteiger partial charge in [-0.3, -0.25) is 0 Å². The Kier molecular flexibility index (Phi) is 7.85. The van der Waals surface area contributed by atoms with Crippen molar-refractivity contribution in [1.29, 1.82) is 0 Å². The first-order valence-electron chi connectivity index (χ1n) is 14.0. The number of anilines is 3. The number of thioether (sulfide) groups is 1. The minimum Gasteiger partial charge on any atom is -0.390 e. The number of halogens is 3. The largest absolute Gasteiger partial charge is 0.421 e. The third kappa shape index (κ3) is 6.49. The Morgan fingerprint density at radius 3 is 2.33 bits per heavy atom. The van der Waals surface area contributed by atoms with Gasteiger partial charge in [0.2, 0.25) is 5.95 Å². The van der Waals surface area contributed by atoms with Gasteiger partial charge in [-0.25, -0.2) is 4.98 Å². The zero-order valence-corrected chi connectivity index (χ0v) is 24.1. The number of hydrogen-bond acceptors (Lipinski definition) is 7. The number of alkyl halides is 3. The van der Waals surface area contributed by atoms with Gasteiger partial charge in [0, 0.05) is 41.2 Å². The molecule has 0 atom stereocenters. The Hall–Kier alpha value is -2.04. The molecule has 2 aromatic rings. The molecule has 39 heavy (non-hydrogen) atoms. The van der Waals surface area contributed by atoms with Crippen LogP contribution in [0, 0.1) is 12.3 Å². The summed E-state index contributed by atoms with van der Waals surface area (Å²) < 4.78 is 41.2. The zero-order chi connectivity index (χ0) is 28.0. The van der Waals surface area contributed by atoms with Crippen molar-refractivity contribution < 1.29 is 18.3 Å². The van der Waals surface area contributed by atoms with E-state index < -0.39 is 17.3 Å². The molecule has 2 aliphatic heterocycles. The number of nitrogens with one attached hydrogen (secondary N) is 1. The third-order valence-electron chi connectivity index (χ3n) is 8.87. The molecule has 3 aliphatic rings. The molecule has 1 saturated carbocycles. The first-order chi connectivity index (χ1) is 18.3. The van der Waals surface area contributed by atoms with E-state index in [0.717, 1.165) is 17.4 Å². The van der Waals surface area contributed by atoms with Crippen molar-refractivity contribution in [2.75, 3.05) is 36.4 Å². The van der Waals surface area contributed by atoms with Gasteiger partial charge in [0.05, 0.1) is 5.60 Å². The van der Waals surface area contributed by atoms with E-state index in [1.54, 1.807) is 11.8 Å². The Morgan fingerprint density at radius 2 is 1.74 bits per heavy atom. The average molecular weight is 564 g/mol. The molecular weight excluding hydrogens is 523 g/mol. The molecule has 10 heteroatoms. The average Bonchev–Trinajstić information content (AvgIpc) is 2.84. The summed E-state index contributed by atoms with van der Waals surface area (Å²) in [5.74, 6) is -0.00835. The van der Waals surface area contributed by atoms with Crippen LogP contribution in [0.4, 0.5) is 30.6 Å². The van der Waals surface area contributed by atoms with Gasteiger partial charge >= 0.3 is 6.18 Å². The predicted molar refractivity (Wildman–Crippen MR) is 151 cm³/mol. The van der Waals surface area contributed by atoms with Crippen LogP contribution in [0.1, 0.15) is 70.4 Å². The highest BCUT2D eigenvalue weighted by Gasteiger charge is 2.46. The van der Waals surface area contributed by atoms with Crippen molar-refractivity contribution in [3.8, 4) is 0 Å². The highest BCUT2D eigenvalue weighted by atomic mass is 32.2. The van der Waals surface area contributed by atoms with Crippen molar-refractivity contribution in [3.05, 3.63) is 35.5 Å². The van der Waals surface area contributed by atoms with E-state index in [1.165, 1.54) is 43.7 Å². The minimum absolute atomic E-state index is 0.132. The number of piperidine rings is 2. The fourth-order valence-corrected chi connectivity index (χ4v) is 7.80. The maximum absolute atomic E-state index is 13.7. The van der Waals surface area contributed by atoms with E-state index in [1.807, 2.05) is 24.8 Å². The van der Waals surface area contributed by atoms with Crippen LogP contribution in [0.5, 0.6) is 0 Å². The van der Waals surface area contributed by atoms with Crippen LogP contribution in [-0.2, 0) is 6.18 Å². The lowest BCUT2D eigenvalue weighted by molar-refractivity contribution is -0.137. The number of aromatic nitrogens is 2. The van der Waals surface area contributed by atoms with Gasteiger partial charge in [-0.05, 0) is 108 Å². The number of likely N-dealkylation sites (tertiary alicyclic amines) is 1. The normalized spacial score (nSPS) is 21.8. The number of nitrogens with zero attached hydrogens (tertiary/aromatic N) is 4. The van der Waals surface area contributed by atoms with Crippen LogP contribution in [0.3, 0.4) is 0 Å². The van der Waals surface area contributed by atoms with E-state index in [0.29, 0.717) is 42.6 Å². The number of aliphatic hydroxyl groups is 1. The van der Waals surface area contributed by atoms with Gasteiger partial charge in [-0.2, -0.15) is 18.2 Å². The van der Waals surface area contributed by atoms with E-state index in [-0.39, 0.29) is 11.8 Å². The first kappa shape index (κ1) is 28.5. The van der Waals surface area contributed by atoms with Gasteiger partial charge < -0.3 is 20.2 Å². The molecule has 0 bridgehead atoms. The van der Waals surface area contributed by atoms with Gasteiger partial charge in [-0.1, -0.05) is 0 Å². The maximum atomic E-state index is 13.7. The summed E-state index contributed by atoms with van der Waals surface area (Å²) in [4.78, 5) is 13.7. The van der Waals surface area contributed by atoms with E-state index in [2.05, 4.69) is 46.2 Å². The molecule has 2 N–H and O–H groups in total. The molecule has 3 heterocycles. The molecule has 1 spiro atoms. The molecule has 1 aromatic carbocycles. The van der Waals surface area contributed by atoms with Crippen LogP contribution in [-0.4, -0.2) is 63.0 Å². The van der Waals surface area contributed by atoms with Gasteiger partial charge in [0.1, 0.15) is 11.4 Å². The van der Waals surface area contributed by atoms with Crippen molar-refractivity contribution in [2.24, 2.45) is 5.41 Å². The molecule has 214 valence electrons. The molecule has 0 radical (unpaired) electrons. The summed E-state index contributed by atoms with van der Waals surface area (Å²) in [7, 11) is 0. The second-order valence-electron chi connectivity index (χ2n) is 12.3. The monoisotopic (exact) mass is 563 g/mol. The quantitative estimate of drug-likeness (QED) is 0.408. The van der Waals surface area contributed by atoms with Gasteiger partial charge in [0.25, 0.3) is 0 Å². The Morgan fingerprint density at radius 1 is 1.08 bits per heavy atom. The Balaban J connectivity index is 1.23. The number of rotatable bonds is 6. The molecule has 6 nitrogen and oxygen atoms in total. The number of aryl methyl sites for hydroxylation is 1. The second kappa shape index (κ2) is 10.7. The fourth-order valence-electron chi connectivity index (χ4n) is 6.15. The van der Waals surface area contributed by atoms with Crippen molar-refractivity contribution in [1.82, 2.24) is 14.9 Å². The summed E-state index contributed by atoms with van der Waals surface area (Å²) in [5, 5.41) is 14.0. The van der Waals surface area contributed by atoms with E-state index in [9.17, 15) is 18.3 Å². The standard InChI is InChI=1S/C29H40F3N5OS/c1-19(2)36-13-9-28(10-14-36)16-22(17-28)39-21-5-6-24(20(3)15-21)34-26-33-18-23(29(30,31)32)25(35-26)37-11-7-27(4,38)8-12-37/h5-6,15,18-19,22,38H,7-14,16-17H2,1-4H3,(H,33,34,35). The minimum atomic E-state index is -4.56. The molecule has 2 saturated heterocycles. The Bertz CT molecular complexity index is 1160. The smallest absolute Gasteiger partial charge is 0.390 e. The van der Waals surface area contributed by atoms with Gasteiger partial charge in [0.15, 0.2) is 0 Å². The molecular formula is C29H40F3N5OS. The van der Waals surface area contributed by atoms with Crippen LogP contribution in [0.2, 0.25) is 0 Å². The van der Waals surface area contributed by atoms with E-state index in [4.69, 9.17) is 0 Å². The second-order valence-corrected chi connectivity index (χ2v) is 13.7. The molecule has 1 aromatic heterocycles. The lowest BCUT2D eigenvalue weighted by atomic mass is 9.63.